The van der Waals surface area contributed by atoms with Gasteiger partial charge in [-0.25, -0.2) is 9.97 Å². The quantitative estimate of drug-likeness (QED) is 0.714. The topological polar surface area (TPSA) is 84.7 Å². The fourth-order valence-electron chi connectivity index (χ4n) is 1.48. The summed E-state index contributed by atoms with van der Waals surface area (Å²) >= 11 is 0. The first kappa shape index (κ1) is 10.6. The number of rotatable bonds is 1. The molecule has 2 heterocycles. The minimum atomic E-state index is -0.443. The Kier molecular flexibility index (Phi) is 2.18. The second-order valence-corrected chi connectivity index (χ2v) is 4.77. The molecule has 0 saturated carbocycles. The van der Waals surface area contributed by atoms with Crippen molar-refractivity contribution in [1.82, 2.24) is 15.0 Å². The minimum absolute atomic E-state index is 0.0265. The summed E-state index contributed by atoms with van der Waals surface area (Å²) in [5.74, 6) is 0.341. The molecule has 2 rings (SSSR count). The molecule has 0 atom stereocenters. The number of nitrogens with zero attached hydrogens (tertiary/aromatic N) is 2. The number of Topliss-reactive ketones (excluding diaryl/α,β-unsaturated/α-hetero) is 1. The van der Waals surface area contributed by atoms with E-state index in [0.29, 0.717) is 22.5 Å². The standard InChI is InChI=1S/C11H14N4O/c1-11(2,3)9(16)6-4-13-10-8(6)15-7(12)5-14-10/h4-5H,1-3H3,(H2,12,15)(H,13,14). The summed E-state index contributed by atoms with van der Waals surface area (Å²) in [4.78, 5) is 23.2. The Bertz CT molecular complexity index is 551. The fourth-order valence-corrected chi connectivity index (χ4v) is 1.48. The van der Waals surface area contributed by atoms with E-state index in [2.05, 4.69) is 15.0 Å². The van der Waals surface area contributed by atoms with Crippen molar-refractivity contribution in [2.24, 2.45) is 5.41 Å². The molecule has 0 aromatic carbocycles. The molecule has 0 amide bonds. The molecule has 5 heteroatoms. The van der Waals surface area contributed by atoms with Crippen LogP contribution >= 0.6 is 0 Å². The number of nitrogens with two attached hydrogens (primary N) is 1. The van der Waals surface area contributed by atoms with E-state index in [0.717, 1.165) is 0 Å². The van der Waals surface area contributed by atoms with Crippen molar-refractivity contribution in [2.45, 2.75) is 20.8 Å². The van der Waals surface area contributed by atoms with E-state index < -0.39 is 5.41 Å². The SMILES string of the molecule is CC(C)(C)C(=O)c1c[nH]c2ncc(N)nc12. The van der Waals surface area contributed by atoms with Gasteiger partial charge in [-0.1, -0.05) is 20.8 Å². The number of H-pyrrole nitrogens is 1. The van der Waals surface area contributed by atoms with E-state index in [1.807, 2.05) is 20.8 Å². The number of aromatic nitrogens is 3. The third kappa shape index (κ3) is 1.64. The zero-order valence-corrected chi connectivity index (χ0v) is 9.53. The van der Waals surface area contributed by atoms with Crippen LogP contribution in [-0.4, -0.2) is 20.7 Å². The average molecular weight is 218 g/mol. The molecule has 2 aromatic heterocycles. The summed E-state index contributed by atoms with van der Waals surface area (Å²) in [6.07, 6.45) is 3.10. The summed E-state index contributed by atoms with van der Waals surface area (Å²) < 4.78 is 0. The van der Waals surface area contributed by atoms with Gasteiger partial charge >= 0.3 is 0 Å². The van der Waals surface area contributed by atoms with E-state index in [4.69, 9.17) is 5.73 Å². The molecule has 2 aromatic rings. The molecular formula is C11H14N4O. The molecule has 0 radical (unpaired) electrons. The molecule has 0 aliphatic carbocycles. The number of aromatic amines is 1. The number of nitrogen functional groups attached to an aromatic ring is 1. The largest absolute Gasteiger partial charge is 0.382 e. The lowest BCUT2D eigenvalue weighted by Gasteiger charge is -2.15. The number of carbonyl (C=O) groups is 1. The van der Waals surface area contributed by atoms with Crippen LogP contribution in [0.1, 0.15) is 31.1 Å². The van der Waals surface area contributed by atoms with E-state index in [9.17, 15) is 4.79 Å². The normalized spacial score (nSPS) is 11.9. The van der Waals surface area contributed by atoms with Gasteiger partial charge in [-0.05, 0) is 0 Å². The minimum Gasteiger partial charge on any atom is -0.382 e. The predicted octanol–water partition coefficient (Wildman–Crippen LogP) is 1.77. The Balaban J connectivity index is 2.62. The predicted molar refractivity (Wildman–Crippen MR) is 62.1 cm³/mol. The molecule has 0 bridgehead atoms. The van der Waals surface area contributed by atoms with Gasteiger partial charge in [0.25, 0.3) is 0 Å². The zero-order chi connectivity index (χ0) is 11.9. The smallest absolute Gasteiger partial charge is 0.171 e. The lowest BCUT2D eigenvalue weighted by molar-refractivity contribution is 0.0860. The number of hydrogen-bond acceptors (Lipinski definition) is 4. The summed E-state index contributed by atoms with van der Waals surface area (Å²) in [7, 11) is 0. The number of anilines is 1. The second kappa shape index (κ2) is 3.30. The molecule has 5 nitrogen and oxygen atoms in total. The summed E-state index contributed by atoms with van der Waals surface area (Å²) in [6, 6.07) is 0. The number of carbonyl (C=O) groups excluding carboxylic acids is 1. The first-order chi connectivity index (χ1) is 7.39. The molecular weight excluding hydrogens is 204 g/mol. The van der Waals surface area contributed by atoms with Crippen LogP contribution in [-0.2, 0) is 0 Å². The highest BCUT2D eigenvalue weighted by atomic mass is 16.1. The maximum atomic E-state index is 12.1. The van der Waals surface area contributed by atoms with E-state index in [1.165, 1.54) is 6.20 Å². The molecule has 0 aliphatic heterocycles. The van der Waals surface area contributed by atoms with Gasteiger partial charge in [0, 0.05) is 11.6 Å². The van der Waals surface area contributed by atoms with Crippen molar-refractivity contribution in [3.05, 3.63) is 18.0 Å². The second-order valence-electron chi connectivity index (χ2n) is 4.77. The van der Waals surface area contributed by atoms with Crippen molar-refractivity contribution in [2.75, 3.05) is 5.73 Å². The molecule has 84 valence electrons. The highest BCUT2D eigenvalue weighted by Gasteiger charge is 2.26. The Morgan fingerprint density at radius 1 is 1.44 bits per heavy atom. The summed E-state index contributed by atoms with van der Waals surface area (Å²) in [5, 5.41) is 0. The van der Waals surface area contributed by atoms with Crippen LogP contribution in [0.4, 0.5) is 5.82 Å². The maximum Gasteiger partial charge on any atom is 0.171 e. The van der Waals surface area contributed by atoms with E-state index in [-0.39, 0.29) is 5.78 Å². The van der Waals surface area contributed by atoms with Crippen LogP contribution in [0.5, 0.6) is 0 Å². The van der Waals surface area contributed by atoms with Gasteiger partial charge in [-0.3, -0.25) is 4.79 Å². The van der Waals surface area contributed by atoms with Crippen LogP contribution in [0.2, 0.25) is 0 Å². The lowest BCUT2D eigenvalue weighted by atomic mass is 9.87. The highest BCUT2D eigenvalue weighted by Crippen LogP contribution is 2.25. The van der Waals surface area contributed by atoms with Gasteiger partial charge in [0.15, 0.2) is 11.4 Å². The number of hydrogen-bond donors (Lipinski definition) is 2. The molecule has 0 saturated heterocycles. The number of nitrogens with one attached hydrogen (secondary N) is 1. The Morgan fingerprint density at radius 3 is 2.75 bits per heavy atom. The van der Waals surface area contributed by atoms with Crippen molar-refractivity contribution < 1.29 is 4.79 Å². The van der Waals surface area contributed by atoms with Crippen LogP contribution in [0.15, 0.2) is 12.4 Å². The lowest BCUT2D eigenvalue weighted by Crippen LogP contribution is -2.20. The van der Waals surface area contributed by atoms with E-state index in [1.54, 1.807) is 6.20 Å². The molecule has 3 N–H and O–H groups in total. The van der Waals surface area contributed by atoms with Gasteiger partial charge in [-0.2, -0.15) is 0 Å². The van der Waals surface area contributed by atoms with Crippen LogP contribution < -0.4 is 5.73 Å². The van der Waals surface area contributed by atoms with Gasteiger partial charge in [-0.15, -0.1) is 0 Å². The maximum absolute atomic E-state index is 12.1. The number of ketones is 1. The van der Waals surface area contributed by atoms with E-state index >= 15 is 0 Å². The van der Waals surface area contributed by atoms with Crippen molar-refractivity contribution >= 4 is 22.8 Å². The van der Waals surface area contributed by atoms with Crippen LogP contribution in [0.3, 0.4) is 0 Å². The third-order valence-corrected chi connectivity index (χ3v) is 2.33. The van der Waals surface area contributed by atoms with Gasteiger partial charge < -0.3 is 10.7 Å². The van der Waals surface area contributed by atoms with Crippen molar-refractivity contribution in [3.63, 3.8) is 0 Å². The van der Waals surface area contributed by atoms with Crippen molar-refractivity contribution in [1.29, 1.82) is 0 Å². The molecule has 0 spiro atoms. The van der Waals surface area contributed by atoms with Crippen LogP contribution in [0, 0.1) is 5.41 Å². The zero-order valence-electron chi connectivity index (χ0n) is 9.53. The van der Waals surface area contributed by atoms with Gasteiger partial charge in [0.2, 0.25) is 0 Å². The molecule has 16 heavy (non-hydrogen) atoms. The van der Waals surface area contributed by atoms with Crippen LogP contribution in [0.25, 0.3) is 11.2 Å². The van der Waals surface area contributed by atoms with Gasteiger partial charge in [0.1, 0.15) is 11.3 Å². The van der Waals surface area contributed by atoms with Gasteiger partial charge in [0.05, 0.1) is 11.8 Å². The first-order valence-electron chi connectivity index (χ1n) is 5.04. The molecule has 0 unspecified atom stereocenters. The monoisotopic (exact) mass is 218 g/mol. The third-order valence-electron chi connectivity index (χ3n) is 2.33. The Labute approximate surface area is 93.1 Å². The average Bonchev–Trinajstić information content (AvgIpc) is 2.57. The molecule has 0 fully saturated rings. The summed E-state index contributed by atoms with van der Waals surface area (Å²) in [6.45, 7) is 5.61. The Hall–Kier alpha value is -1.91. The fraction of sp³-hybridized carbons (Fsp3) is 0.364. The van der Waals surface area contributed by atoms with Crippen molar-refractivity contribution in [3.8, 4) is 0 Å². The summed E-state index contributed by atoms with van der Waals surface area (Å²) in [5.41, 5.74) is 6.79. The Morgan fingerprint density at radius 2 is 2.12 bits per heavy atom. The highest BCUT2D eigenvalue weighted by molar-refractivity contribution is 6.08. The first-order valence-corrected chi connectivity index (χ1v) is 5.04. The number of fused-ring (bicyclic) bond motifs is 1. The molecule has 0 aliphatic rings.